The summed E-state index contributed by atoms with van der Waals surface area (Å²) < 4.78 is 0. The highest BCUT2D eigenvalue weighted by atomic mass is 32.1. The first-order valence-corrected chi connectivity index (χ1v) is 14.5. The van der Waals surface area contributed by atoms with Gasteiger partial charge in [0.2, 0.25) is 12.2 Å². The number of nitrogens with zero attached hydrogens (tertiary/aromatic N) is 5. The van der Waals surface area contributed by atoms with Crippen LogP contribution in [0.5, 0.6) is 0 Å². The number of likely N-dealkylation sites (tertiary alicyclic amines) is 2. The number of nitrogens with one attached hydrogen (secondary N) is 2. The maximum absolute atomic E-state index is 13.4. The predicted octanol–water partition coefficient (Wildman–Crippen LogP) is 4.81. The molecule has 8 nitrogen and oxygen atoms in total. The third-order valence-corrected chi connectivity index (χ3v) is 9.22. The van der Waals surface area contributed by atoms with Gasteiger partial charge in [0.15, 0.2) is 0 Å². The fourth-order valence-corrected chi connectivity index (χ4v) is 7.20. The Bertz CT molecular complexity index is 1370. The van der Waals surface area contributed by atoms with Crippen LogP contribution in [0.3, 0.4) is 0 Å². The SMILES string of the molecule is N#CN=C(N1CCCC1)N1CCC2CCC(NC(=O)c3sccc3NCc3ccnc4ccccc34)CC21. The van der Waals surface area contributed by atoms with Gasteiger partial charge in [-0.3, -0.25) is 9.78 Å². The van der Waals surface area contributed by atoms with E-state index in [-0.39, 0.29) is 11.9 Å². The topological polar surface area (TPSA) is 96.7 Å². The largest absolute Gasteiger partial charge is 0.380 e. The third-order valence-electron chi connectivity index (χ3n) is 8.31. The summed E-state index contributed by atoms with van der Waals surface area (Å²) in [4.78, 5) is 27.4. The van der Waals surface area contributed by atoms with Crippen molar-refractivity contribution < 1.29 is 4.79 Å². The van der Waals surface area contributed by atoms with Gasteiger partial charge in [0.1, 0.15) is 4.88 Å². The van der Waals surface area contributed by atoms with Crippen molar-refractivity contribution in [2.45, 2.75) is 57.2 Å². The van der Waals surface area contributed by atoms with Gasteiger partial charge < -0.3 is 20.4 Å². The van der Waals surface area contributed by atoms with Crippen LogP contribution in [-0.4, -0.2) is 58.4 Å². The molecule has 0 spiro atoms. The number of hydrogen-bond donors (Lipinski definition) is 2. The molecule has 2 N–H and O–H groups in total. The molecule has 1 saturated carbocycles. The van der Waals surface area contributed by atoms with E-state index in [1.165, 1.54) is 11.3 Å². The molecule has 2 aliphatic heterocycles. The van der Waals surface area contributed by atoms with Gasteiger partial charge in [-0.15, -0.1) is 16.3 Å². The Morgan fingerprint density at radius 3 is 2.87 bits per heavy atom. The summed E-state index contributed by atoms with van der Waals surface area (Å²) in [6, 6.07) is 12.6. The van der Waals surface area contributed by atoms with Gasteiger partial charge >= 0.3 is 0 Å². The lowest BCUT2D eigenvalue weighted by Gasteiger charge is -2.39. The number of anilines is 1. The van der Waals surface area contributed by atoms with Crippen molar-refractivity contribution in [3.8, 4) is 6.19 Å². The average Bonchev–Trinajstić information content (AvgIpc) is 3.72. The molecule has 1 aliphatic carbocycles. The van der Waals surface area contributed by atoms with Gasteiger partial charge in [-0.1, -0.05) is 18.2 Å². The van der Waals surface area contributed by atoms with Crippen LogP contribution in [0.1, 0.15) is 53.8 Å². The highest BCUT2D eigenvalue weighted by molar-refractivity contribution is 7.12. The van der Waals surface area contributed by atoms with E-state index in [1.54, 1.807) is 0 Å². The Balaban J connectivity index is 1.11. The number of pyridine rings is 1. The molecule has 2 saturated heterocycles. The van der Waals surface area contributed by atoms with E-state index in [4.69, 9.17) is 0 Å². The lowest BCUT2D eigenvalue weighted by molar-refractivity contribution is 0.0914. The van der Waals surface area contributed by atoms with E-state index in [9.17, 15) is 10.1 Å². The standard InChI is InChI=1S/C29H33N7OS/c30-19-33-29(35-13-3-4-14-35)36-15-10-20-7-8-22(17-26(20)36)34-28(37)27-25(11-16-38-27)32-18-21-9-12-31-24-6-2-1-5-23(21)24/h1-2,5-6,9,11-12,16,20,22,26,32H,3-4,7-8,10,13-15,17-18H2,(H,34,37). The minimum Gasteiger partial charge on any atom is -0.380 e. The van der Waals surface area contributed by atoms with Crippen LogP contribution in [0.15, 0.2) is 53.0 Å². The molecule has 2 aromatic heterocycles. The van der Waals surface area contributed by atoms with Gasteiger partial charge in [0.25, 0.3) is 5.91 Å². The van der Waals surface area contributed by atoms with Crippen molar-refractivity contribution in [3.63, 3.8) is 0 Å². The van der Waals surface area contributed by atoms with Gasteiger partial charge in [0.05, 0.1) is 11.2 Å². The molecular formula is C29H33N7OS. The average molecular weight is 528 g/mol. The van der Waals surface area contributed by atoms with E-state index in [2.05, 4.69) is 36.5 Å². The molecule has 4 heterocycles. The van der Waals surface area contributed by atoms with Crippen molar-refractivity contribution in [1.29, 1.82) is 5.26 Å². The fourth-order valence-electron chi connectivity index (χ4n) is 6.43. The lowest BCUT2D eigenvalue weighted by atomic mass is 9.82. The fraction of sp³-hybridized carbons (Fsp3) is 0.448. The number of hydrogen-bond acceptors (Lipinski definition) is 6. The number of para-hydroxylation sites is 1. The Hall–Kier alpha value is -3.64. The number of benzene rings is 1. The van der Waals surface area contributed by atoms with Crippen molar-refractivity contribution in [3.05, 3.63) is 58.4 Å². The number of carbonyl (C=O) groups is 1. The van der Waals surface area contributed by atoms with Crippen LogP contribution >= 0.6 is 11.3 Å². The Morgan fingerprint density at radius 1 is 1.13 bits per heavy atom. The van der Waals surface area contributed by atoms with E-state index < -0.39 is 0 Å². The van der Waals surface area contributed by atoms with E-state index >= 15 is 0 Å². The molecule has 3 aromatic rings. The summed E-state index contributed by atoms with van der Waals surface area (Å²) in [6.45, 7) is 3.51. The highest BCUT2D eigenvalue weighted by Gasteiger charge is 2.42. The Labute approximate surface area is 227 Å². The lowest BCUT2D eigenvalue weighted by Crippen LogP contribution is -2.51. The number of amides is 1. The molecule has 0 radical (unpaired) electrons. The minimum atomic E-state index is -0.0134. The van der Waals surface area contributed by atoms with Crippen LogP contribution in [0, 0.1) is 17.4 Å². The second kappa shape index (κ2) is 11.0. The maximum Gasteiger partial charge on any atom is 0.263 e. The number of carbonyl (C=O) groups excluding carboxylic acids is 1. The van der Waals surface area contributed by atoms with Crippen LogP contribution in [0.4, 0.5) is 5.69 Å². The first-order chi connectivity index (χ1) is 18.7. The summed E-state index contributed by atoms with van der Waals surface area (Å²) in [5.41, 5.74) is 2.99. The summed E-state index contributed by atoms with van der Waals surface area (Å²) in [5.74, 6) is 1.43. The molecular weight excluding hydrogens is 494 g/mol. The van der Waals surface area contributed by atoms with Gasteiger partial charge in [0, 0.05) is 49.8 Å². The molecule has 38 heavy (non-hydrogen) atoms. The van der Waals surface area contributed by atoms with E-state index in [0.717, 1.165) is 91.1 Å². The second-order valence-corrected chi connectivity index (χ2v) is 11.4. The smallest absolute Gasteiger partial charge is 0.263 e. The number of rotatable bonds is 5. The molecule has 3 atom stereocenters. The predicted molar refractivity (Wildman–Crippen MR) is 151 cm³/mol. The monoisotopic (exact) mass is 527 g/mol. The van der Waals surface area contributed by atoms with Crippen molar-refractivity contribution in [1.82, 2.24) is 20.1 Å². The van der Waals surface area contributed by atoms with E-state index in [0.29, 0.717) is 18.5 Å². The zero-order valence-electron chi connectivity index (χ0n) is 21.5. The zero-order chi connectivity index (χ0) is 25.9. The van der Waals surface area contributed by atoms with Crippen LogP contribution in [-0.2, 0) is 6.54 Å². The Kier molecular flexibility index (Phi) is 7.14. The summed E-state index contributed by atoms with van der Waals surface area (Å²) in [5, 5.41) is 19.3. The highest BCUT2D eigenvalue weighted by Crippen LogP contribution is 2.37. The number of thiophene rings is 1. The van der Waals surface area contributed by atoms with Gasteiger partial charge in [-0.2, -0.15) is 5.26 Å². The first kappa shape index (κ1) is 24.7. The summed E-state index contributed by atoms with van der Waals surface area (Å²) in [6.07, 6.45) is 10.3. The van der Waals surface area contributed by atoms with Crippen LogP contribution < -0.4 is 10.6 Å². The number of fused-ring (bicyclic) bond motifs is 2. The number of aliphatic imine (C=N–C) groups is 1. The normalized spacial score (nSPS) is 23.3. The maximum atomic E-state index is 13.4. The van der Waals surface area contributed by atoms with Crippen LogP contribution in [0.2, 0.25) is 0 Å². The minimum absolute atomic E-state index is 0.0134. The summed E-state index contributed by atoms with van der Waals surface area (Å²) >= 11 is 1.47. The second-order valence-electron chi connectivity index (χ2n) is 10.5. The number of nitriles is 1. The first-order valence-electron chi connectivity index (χ1n) is 13.6. The molecule has 6 rings (SSSR count). The Morgan fingerprint density at radius 2 is 2.00 bits per heavy atom. The molecule has 196 valence electrons. The molecule has 3 unspecified atom stereocenters. The number of guanidine groups is 1. The molecule has 1 amide bonds. The van der Waals surface area contributed by atoms with Crippen LogP contribution in [0.25, 0.3) is 10.9 Å². The van der Waals surface area contributed by atoms with Crippen molar-refractivity contribution in [2.75, 3.05) is 25.0 Å². The van der Waals surface area contributed by atoms with Gasteiger partial charge in [-0.25, -0.2) is 0 Å². The number of aromatic nitrogens is 1. The molecule has 3 aliphatic rings. The molecule has 0 bridgehead atoms. The third kappa shape index (κ3) is 4.93. The van der Waals surface area contributed by atoms with E-state index in [1.807, 2.05) is 48.1 Å². The molecule has 9 heteroatoms. The molecule has 3 fully saturated rings. The quantitative estimate of drug-likeness (QED) is 0.281. The van der Waals surface area contributed by atoms with Crippen molar-refractivity contribution >= 4 is 39.8 Å². The van der Waals surface area contributed by atoms with Crippen molar-refractivity contribution in [2.24, 2.45) is 10.9 Å². The zero-order valence-corrected chi connectivity index (χ0v) is 22.3. The molecule has 1 aromatic carbocycles. The van der Waals surface area contributed by atoms with Gasteiger partial charge in [-0.05, 0) is 73.6 Å². The summed E-state index contributed by atoms with van der Waals surface area (Å²) in [7, 11) is 0.